The molecule has 1 aromatic carbocycles. The Morgan fingerprint density at radius 1 is 1.33 bits per heavy atom. The molecule has 0 fully saturated rings. The van der Waals surface area contributed by atoms with Crippen LogP contribution in [0.1, 0.15) is 17.3 Å². The van der Waals surface area contributed by atoms with Crippen LogP contribution >= 0.6 is 0 Å². The van der Waals surface area contributed by atoms with Gasteiger partial charge in [-0.2, -0.15) is 0 Å². The van der Waals surface area contributed by atoms with E-state index in [9.17, 15) is 4.79 Å². The molecule has 0 aliphatic carbocycles. The average Bonchev–Trinajstić information content (AvgIpc) is 2.29. The van der Waals surface area contributed by atoms with E-state index in [1.807, 2.05) is 6.92 Å². The first-order valence-electron chi connectivity index (χ1n) is 4.74. The number of carbonyl (C=O) groups excluding carboxylic acids is 1. The maximum absolute atomic E-state index is 11.5. The number of hydrogen-bond acceptors (Lipinski definition) is 3. The standard InChI is InChI=1S/C12H14O3/c1-3-15-9-8-12(13)10-4-6-11(14-2)7-5-10/h4-9H,3H2,1-2H3. The molecule has 0 saturated heterocycles. The zero-order valence-electron chi connectivity index (χ0n) is 8.90. The number of allylic oxidation sites excluding steroid dienone is 1. The van der Waals surface area contributed by atoms with Gasteiger partial charge in [-0.1, -0.05) is 0 Å². The largest absolute Gasteiger partial charge is 0.501 e. The normalized spacial score (nSPS) is 10.3. The molecule has 0 aliphatic heterocycles. The molecular weight excluding hydrogens is 192 g/mol. The fraction of sp³-hybridized carbons (Fsp3) is 0.250. The molecule has 80 valence electrons. The summed E-state index contributed by atoms with van der Waals surface area (Å²) in [6, 6.07) is 6.94. The van der Waals surface area contributed by atoms with E-state index < -0.39 is 0 Å². The summed E-state index contributed by atoms with van der Waals surface area (Å²) >= 11 is 0. The summed E-state index contributed by atoms with van der Waals surface area (Å²) < 4.78 is 9.94. The Morgan fingerprint density at radius 2 is 2.00 bits per heavy atom. The fourth-order valence-electron chi connectivity index (χ4n) is 1.06. The van der Waals surface area contributed by atoms with Crippen LogP contribution in [0.15, 0.2) is 36.6 Å². The van der Waals surface area contributed by atoms with Crippen LogP contribution in [0.5, 0.6) is 5.75 Å². The summed E-state index contributed by atoms with van der Waals surface area (Å²) in [5, 5.41) is 0. The summed E-state index contributed by atoms with van der Waals surface area (Å²) in [4.78, 5) is 11.5. The summed E-state index contributed by atoms with van der Waals surface area (Å²) in [5.74, 6) is 0.659. The summed E-state index contributed by atoms with van der Waals surface area (Å²) in [6.07, 6.45) is 2.82. The zero-order valence-corrected chi connectivity index (χ0v) is 8.90. The van der Waals surface area contributed by atoms with Crippen molar-refractivity contribution in [1.82, 2.24) is 0 Å². The highest BCUT2D eigenvalue weighted by Gasteiger charge is 2.01. The molecular formula is C12H14O3. The molecule has 0 spiro atoms. The van der Waals surface area contributed by atoms with Crippen molar-refractivity contribution in [3.63, 3.8) is 0 Å². The van der Waals surface area contributed by atoms with Gasteiger partial charge in [-0.3, -0.25) is 4.79 Å². The van der Waals surface area contributed by atoms with Crippen LogP contribution in [0, 0.1) is 0 Å². The van der Waals surface area contributed by atoms with Crippen molar-refractivity contribution in [2.24, 2.45) is 0 Å². The molecule has 1 rings (SSSR count). The first kappa shape index (κ1) is 11.3. The molecule has 3 nitrogen and oxygen atoms in total. The van der Waals surface area contributed by atoms with Gasteiger partial charge in [0.15, 0.2) is 5.78 Å². The molecule has 0 heterocycles. The van der Waals surface area contributed by atoms with Crippen molar-refractivity contribution in [3.05, 3.63) is 42.2 Å². The lowest BCUT2D eigenvalue weighted by molar-refractivity contribution is 0.104. The molecule has 0 atom stereocenters. The van der Waals surface area contributed by atoms with Crippen molar-refractivity contribution < 1.29 is 14.3 Å². The molecule has 0 saturated carbocycles. The maximum Gasteiger partial charge on any atom is 0.188 e. The Morgan fingerprint density at radius 3 is 2.53 bits per heavy atom. The first-order valence-corrected chi connectivity index (χ1v) is 4.74. The Kier molecular flexibility index (Phi) is 4.41. The summed E-state index contributed by atoms with van der Waals surface area (Å²) in [5.41, 5.74) is 0.617. The highest BCUT2D eigenvalue weighted by atomic mass is 16.5. The predicted octanol–water partition coefficient (Wildman–Crippen LogP) is 2.43. The Balaban J connectivity index is 2.66. The van der Waals surface area contributed by atoms with Gasteiger partial charge in [0.05, 0.1) is 20.0 Å². The van der Waals surface area contributed by atoms with Gasteiger partial charge in [-0.25, -0.2) is 0 Å². The van der Waals surface area contributed by atoms with Crippen LogP contribution < -0.4 is 4.74 Å². The lowest BCUT2D eigenvalue weighted by atomic mass is 10.1. The van der Waals surface area contributed by atoms with Crippen LogP contribution in [0.2, 0.25) is 0 Å². The molecule has 0 aliphatic rings. The lowest BCUT2D eigenvalue weighted by Crippen LogP contribution is -1.94. The molecule has 0 aromatic heterocycles. The summed E-state index contributed by atoms with van der Waals surface area (Å²) in [6.45, 7) is 2.43. The zero-order chi connectivity index (χ0) is 11.1. The van der Waals surface area contributed by atoms with Crippen molar-refractivity contribution in [2.75, 3.05) is 13.7 Å². The fourth-order valence-corrected chi connectivity index (χ4v) is 1.06. The van der Waals surface area contributed by atoms with Crippen molar-refractivity contribution >= 4 is 5.78 Å². The molecule has 0 amide bonds. The third-order valence-electron chi connectivity index (χ3n) is 1.86. The highest BCUT2D eigenvalue weighted by Crippen LogP contribution is 2.11. The van der Waals surface area contributed by atoms with E-state index in [1.54, 1.807) is 31.4 Å². The molecule has 3 heteroatoms. The lowest BCUT2D eigenvalue weighted by Gasteiger charge is -2.00. The van der Waals surface area contributed by atoms with Gasteiger partial charge in [0.1, 0.15) is 5.75 Å². The minimum atomic E-state index is -0.0777. The third kappa shape index (κ3) is 3.46. The molecule has 15 heavy (non-hydrogen) atoms. The number of rotatable bonds is 5. The van der Waals surface area contributed by atoms with Gasteiger partial charge in [-0.15, -0.1) is 0 Å². The van der Waals surface area contributed by atoms with Gasteiger partial charge < -0.3 is 9.47 Å². The first-order chi connectivity index (χ1) is 7.27. The van der Waals surface area contributed by atoms with Crippen molar-refractivity contribution in [1.29, 1.82) is 0 Å². The Hall–Kier alpha value is -1.77. The highest BCUT2D eigenvalue weighted by molar-refractivity contribution is 6.04. The quantitative estimate of drug-likeness (QED) is 0.421. The minimum absolute atomic E-state index is 0.0777. The van der Waals surface area contributed by atoms with Gasteiger partial charge in [0.25, 0.3) is 0 Å². The van der Waals surface area contributed by atoms with Crippen molar-refractivity contribution in [2.45, 2.75) is 6.92 Å². The van der Waals surface area contributed by atoms with Gasteiger partial charge >= 0.3 is 0 Å². The Bertz CT molecular complexity index is 338. The average molecular weight is 206 g/mol. The molecule has 0 radical (unpaired) electrons. The predicted molar refractivity (Wildman–Crippen MR) is 58.1 cm³/mol. The third-order valence-corrected chi connectivity index (χ3v) is 1.86. The van der Waals surface area contributed by atoms with Crippen LogP contribution in [-0.2, 0) is 4.74 Å². The van der Waals surface area contributed by atoms with Crippen LogP contribution in [0.3, 0.4) is 0 Å². The van der Waals surface area contributed by atoms with E-state index in [-0.39, 0.29) is 5.78 Å². The van der Waals surface area contributed by atoms with Crippen molar-refractivity contribution in [3.8, 4) is 5.75 Å². The number of hydrogen-bond donors (Lipinski definition) is 0. The maximum atomic E-state index is 11.5. The van der Waals surface area contributed by atoms with Gasteiger partial charge in [-0.05, 0) is 31.2 Å². The van der Waals surface area contributed by atoms with Crippen LogP contribution in [0.4, 0.5) is 0 Å². The van der Waals surface area contributed by atoms with E-state index in [0.717, 1.165) is 5.75 Å². The second-order valence-electron chi connectivity index (χ2n) is 2.85. The smallest absolute Gasteiger partial charge is 0.188 e. The molecule has 0 N–H and O–H groups in total. The molecule has 1 aromatic rings. The van der Waals surface area contributed by atoms with Crippen LogP contribution in [0.25, 0.3) is 0 Å². The monoisotopic (exact) mass is 206 g/mol. The van der Waals surface area contributed by atoms with E-state index >= 15 is 0 Å². The SMILES string of the molecule is CCOC=CC(=O)c1ccc(OC)cc1. The number of methoxy groups -OCH3 is 1. The van der Waals surface area contributed by atoms with E-state index in [1.165, 1.54) is 12.3 Å². The Labute approximate surface area is 89.3 Å². The number of benzene rings is 1. The minimum Gasteiger partial charge on any atom is -0.501 e. The van der Waals surface area contributed by atoms with Gasteiger partial charge in [0, 0.05) is 11.6 Å². The summed E-state index contributed by atoms with van der Waals surface area (Å²) in [7, 11) is 1.59. The second kappa shape index (κ2) is 5.86. The second-order valence-corrected chi connectivity index (χ2v) is 2.85. The van der Waals surface area contributed by atoms with Gasteiger partial charge in [0.2, 0.25) is 0 Å². The number of ketones is 1. The number of ether oxygens (including phenoxy) is 2. The van der Waals surface area contributed by atoms with E-state index in [2.05, 4.69) is 0 Å². The van der Waals surface area contributed by atoms with E-state index in [4.69, 9.17) is 9.47 Å². The molecule has 0 unspecified atom stereocenters. The van der Waals surface area contributed by atoms with E-state index in [0.29, 0.717) is 12.2 Å². The number of carbonyl (C=O) groups is 1. The topological polar surface area (TPSA) is 35.5 Å². The van der Waals surface area contributed by atoms with Crippen LogP contribution in [-0.4, -0.2) is 19.5 Å². The molecule has 0 bridgehead atoms.